The molecule has 3 atom stereocenters. The van der Waals surface area contributed by atoms with Gasteiger partial charge in [-0.1, -0.05) is 30.3 Å². The van der Waals surface area contributed by atoms with Crippen molar-refractivity contribution in [2.24, 2.45) is 5.92 Å². The van der Waals surface area contributed by atoms with Crippen molar-refractivity contribution in [3.05, 3.63) is 54.1 Å². The molecule has 6 heteroatoms. The Morgan fingerprint density at radius 2 is 1.79 bits per heavy atom. The summed E-state index contributed by atoms with van der Waals surface area (Å²) < 4.78 is 11.7. The first-order chi connectivity index (χ1) is 14.2. The molecule has 3 unspecified atom stereocenters. The van der Waals surface area contributed by atoms with Gasteiger partial charge in [-0.2, -0.15) is 0 Å². The van der Waals surface area contributed by atoms with Crippen LogP contribution in [0, 0.1) is 5.92 Å². The lowest BCUT2D eigenvalue weighted by atomic mass is 9.80. The Labute approximate surface area is 170 Å². The second-order valence-corrected chi connectivity index (χ2v) is 8.14. The first kappa shape index (κ1) is 18.5. The van der Waals surface area contributed by atoms with Gasteiger partial charge in [-0.15, -0.1) is 0 Å². The Morgan fingerprint density at radius 1 is 1.07 bits per heavy atom. The molecule has 3 heterocycles. The molecule has 3 aliphatic heterocycles. The normalized spacial score (nSPS) is 25.3. The lowest BCUT2D eigenvalue weighted by Gasteiger charge is -2.38. The van der Waals surface area contributed by atoms with Crippen LogP contribution < -0.4 is 14.8 Å². The van der Waals surface area contributed by atoms with E-state index in [4.69, 9.17) is 9.47 Å². The number of para-hydroxylation sites is 3. The monoisotopic (exact) mass is 394 g/mol. The van der Waals surface area contributed by atoms with Gasteiger partial charge < -0.3 is 19.9 Å². The van der Waals surface area contributed by atoms with E-state index in [2.05, 4.69) is 16.3 Å². The van der Waals surface area contributed by atoms with E-state index in [0.717, 1.165) is 48.7 Å². The highest BCUT2D eigenvalue weighted by Crippen LogP contribution is 2.41. The number of ether oxygens (including phenoxy) is 2. The summed E-state index contributed by atoms with van der Waals surface area (Å²) in [5.41, 5.74) is 2.06. The second-order valence-electron chi connectivity index (χ2n) is 8.14. The predicted octanol–water partition coefficient (Wildman–Crippen LogP) is 2.98. The number of hydrogen-bond donors (Lipinski definition) is 2. The van der Waals surface area contributed by atoms with Crippen LogP contribution in [0.3, 0.4) is 0 Å². The van der Waals surface area contributed by atoms with Gasteiger partial charge in [-0.05, 0) is 42.5 Å². The molecule has 0 saturated carbocycles. The van der Waals surface area contributed by atoms with Crippen molar-refractivity contribution in [2.75, 3.05) is 25.0 Å². The van der Waals surface area contributed by atoms with Crippen LogP contribution in [0.1, 0.15) is 30.7 Å². The third kappa shape index (κ3) is 3.58. The highest BCUT2D eigenvalue weighted by molar-refractivity contribution is 6.03. The minimum absolute atomic E-state index is 0.0722. The van der Waals surface area contributed by atoms with E-state index in [1.165, 1.54) is 0 Å². The fourth-order valence-electron chi connectivity index (χ4n) is 4.82. The molecule has 29 heavy (non-hydrogen) atoms. The second kappa shape index (κ2) is 7.69. The molecule has 1 fully saturated rings. The quantitative estimate of drug-likeness (QED) is 0.834. The Morgan fingerprint density at radius 3 is 2.62 bits per heavy atom. The van der Waals surface area contributed by atoms with Crippen molar-refractivity contribution in [2.45, 2.75) is 37.5 Å². The van der Waals surface area contributed by atoms with Crippen molar-refractivity contribution in [1.29, 1.82) is 0 Å². The van der Waals surface area contributed by atoms with Crippen molar-refractivity contribution in [3.8, 4) is 11.5 Å². The minimum Gasteiger partial charge on any atom is -0.486 e. The maximum Gasteiger partial charge on any atom is 0.232 e. The van der Waals surface area contributed by atoms with Crippen LogP contribution in [-0.2, 0) is 4.79 Å². The maximum absolute atomic E-state index is 12.5. The van der Waals surface area contributed by atoms with E-state index in [0.29, 0.717) is 18.9 Å². The SMILES string of the molecule is O=C1Nc2ccccc2C1C1CCN(C(O)CC2COc3ccccc3O2)CC1. The number of aliphatic hydroxyl groups is 1. The average molecular weight is 394 g/mol. The molecule has 5 rings (SSSR count). The molecule has 2 N–H and O–H groups in total. The van der Waals surface area contributed by atoms with Crippen molar-refractivity contribution in [1.82, 2.24) is 4.90 Å². The zero-order chi connectivity index (χ0) is 19.8. The van der Waals surface area contributed by atoms with Gasteiger partial charge in [-0.25, -0.2) is 0 Å². The van der Waals surface area contributed by atoms with Gasteiger partial charge >= 0.3 is 0 Å². The smallest absolute Gasteiger partial charge is 0.232 e. The summed E-state index contributed by atoms with van der Waals surface area (Å²) >= 11 is 0. The van der Waals surface area contributed by atoms with E-state index in [1.807, 2.05) is 42.5 Å². The van der Waals surface area contributed by atoms with Gasteiger partial charge in [0, 0.05) is 25.2 Å². The molecule has 2 aromatic rings. The number of amides is 1. The number of carbonyl (C=O) groups excluding carboxylic acids is 1. The number of aliphatic hydroxyl groups excluding tert-OH is 1. The number of fused-ring (bicyclic) bond motifs is 2. The molecule has 0 spiro atoms. The van der Waals surface area contributed by atoms with Gasteiger partial charge in [0.15, 0.2) is 11.5 Å². The van der Waals surface area contributed by atoms with Gasteiger partial charge in [-0.3, -0.25) is 9.69 Å². The molecular weight excluding hydrogens is 368 g/mol. The summed E-state index contributed by atoms with van der Waals surface area (Å²) in [6.45, 7) is 2.01. The highest BCUT2D eigenvalue weighted by Gasteiger charge is 2.39. The van der Waals surface area contributed by atoms with E-state index >= 15 is 0 Å². The topological polar surface area (TPSA) is 71.0 Å². The number of rotatable bonds is 4. The zero-order valence-electron chi connectivity index (χ0n) is 16.3. The first-order valence-corrected chi connectivity index (χ1v) is 10.4. The fourth-order valence-corrected chi connectivity index (χ4v) is 4.82. The molecule has 6 nitrogen and oxygen atoms in total. The van der Waals surface area contributed by atoms with E-state index in [1.54, 1.807) is 0 Å². The minimum atomic E-state index is -0.570. The molecule has 0 radical (unpaired) electrons. The van der Waals surface area contributed by atoms with Crippen LogP contribution in [0.2, 0.25) is 0 Å². The van der Waals surface area contributed by atoms with Crippen LogP contribution in [0.5, 0.6) is 11.5 Å². The van der Waals surface area contributed by atoms with Crippen LogP contribution >= 0.6 is 0 Å². The van der Waals surface area contributed by atoms with Crippen LogP contribution in [0.15, 0.2) is 48.5 Å². The largest absolute Gasteiger partial charge is 0.486 e. The van der Waals surface area contributed by atoms with Gasteiger partial charge in [0.05, 0.1) is 5.92 Å². The molecule has 0 aliphatic carbocycles. The number of benzene rings is 2. The Kier molecular flexibility index (Phi) is 4.89. The lowest BCUT2D eigenvalue weighted by Crippen LogP contribution is -2.46. The third-order valence-corrected chi connectivity index (χ3v) is 6.34. The van der Waals surface area contributed by atoms with Crippen LogP contribution in [0.4, 0.5) is 5.69 Å². The number of likely N-dealkylation sites (tertiary alicyclic amines) is 1. The maximum atomic E-state index is 12.5. The number of hydrogen-bond acceptors (Lipinski definition) is 5. The molecular formula is C23H26N2O4. The van der Waals surface area contributed by atoms with Gasteiger partial charge in [0.2, 0.25) is 5.91 Å². The average Bonchev–Trinajstić information content (AvgIpc) is 3.09. The summed E-state index contributed by atoms with van der Waals surface area (Å²) in [5, 5.41) is 13.8. The Balaban J connectivity index is 1.17. The van der Waals surface area contributed by atoms with Crippen molar-refractivity contribution >= 4 is 11.6 Å². The molecule has 1 amide bonds. The number of anilines is 1. The van der Waals surface area contributed by atoms with Crippen LogP contribution in [-0.4, -0.2) is 47.9 Å². The first-order valence-electron chi connectivity index (χ1n) is 10.4. The molecule has 1 saturated heterocycles. The Hall–Kier alpha value is -2.57. The van der Waals surface area contributed by atoms with Crippen molar-refractivity contribution in [3.63, 3.8) is 0 Å². The van der Waals surface area contributed by atoms with Gasteiger partial charge in [0.25, 0.3) is 0 Å². The number of nitrogens with zero attached hydrogens (tertiary/aromatic N) is 1. The molecule has 3 aliphatic rings. The molecule has 0 aromatic heterocycles. The number of carbonyl (C=O) groups is 1. The summed E-state index contributed by atoms with van der Waals surface area (Å²) in [4.78, 5) is 14.6. The number of piperidine rings is 1. The number of nitrogens with one attached hydrogen (secondary N) is 1. The van der Waals surface area contributed by atoms with E-state index in [9.17, 15) is 9.90 Å². The van der Waals surface area contributed by atoms with Gasteiger partial charge in [0.1, 0.15) is 18.9 Å². The van der Waals surface area contributed by atoms with E-state index < -0.39 is 6.23 Å². The molecule has 152 valence electrons. The zero-order valence-corrected chi connectivity index (χ0v) is 16.3. The summed E-state index contributed by atoms with van der Waals surface area (Å²) in [7, 11) is 0. The molecule has 0 bridgehead atoms. The lowest BCUT2D eigenvalue weighted by molar-refractivity contribution is -0.119. The summed E-state index contributed by atoms with van der Waals surface area (Å²) in [5.74, 6) is 1.84. The van der Waals surface area contributed by atoms with E-state index in [-0.39, 0.29) is 17.9 Å². The fraction of sp³-hybridized carbons (Fsp3) is 0.435. The third-order valence-electron chi connectivity index (χ3n) is 6.34. The Bertz CT molecular complexity index is 894. The summed E-state index contributed by atoms with van der Waals surface area (Å²) in [6, 6.07) is 15.6. The highest BCUT2D eigenvalue weighted by atomic mass is 16.6. The summed E-state index contributed by atoms with van der Waals surface area (Å²) in [6.07, 6.45) is 1.57. The van der Waals surface area contributed by atoms with Crippen molar-refractivity contribution < 1.29 is 19.4 Å². The standard InChI is InChI=1S/C23H26N2O4/c26-21(13-16-14-28-19-7-3-4-8-20(19)29-16)25-11-9-15(10-12-25)22-17-5-1-2-6-18(17)24-23(22)27/h1-8,15-16,21-22,26H,9-14H2,(H,24,27). The molecule has 2 aromatic carbocycles. The van der Waals surface area contributed by atoms with Crippen LogP contribution in [0.25, 0.3) is 0 Å². The predicted molar refractivity (Wildman–Crippen MR) is 109 cm³/mol.